The second kappa shape index (κ2) is 6.65. The third-order valence-electron chi connectivity index (χ3n) is 3.19. The monoisotopic (exact) mass is 294 g/mol. The SMILES string of the molecule is CC1CSCCN1C(=O)Nc1ccc(CC(=O)O)cc1. The Labute approximate surface area is 122 Å². The van der Waals surface area contributed by atoms with Crippen molar-refractivity contribution in [3.8, 4) is 0 Å². The molecule has 2 N–H and O–H groups in total. The Morgan fingerprint density at radius 2 is 2.10 bits per heavy atom. The highest BCUT2D eigenvalue weighted by Crippen LogP contribution is 2.18. The Morgan fingerprint density at radius 1 is 1.40 bits per heavy atom. The first-order valence-electron chi connectivity index (χ1n) is 6.52. The summed E-state index contributed by atoms with van der Waals surface area (Å²) in [6.45, 7) is 2.80. The minimum atomic E-state index is -0.860. The average molecular weight is 294 g/mol. The van der Waals surface area contributed by atoms with Crippen LogP contribution in [0.2, 0.25) is 0 Å². The van der Waals surface area contributed by atoms with Gasteiger partial charge in [0.25, 0.3) is 0 Å². The number of amides is 2. The lowest BCUT2D eigenvalue weighted by atomic mass is 10.1. The number of carboxylic acids is 1. The minimum Gasteiger partial charge on any atom is -0.481 e. The standard InChI is InChI=1S/C14H18N2O3S/c1-10-9-20-7-6-16(10)14(19)15-12-4-2-11(3-5-12)8-13(17)18/h2-5,10H,6-9H2,1H3,(H,15,19)(H,17,18). The fourth-order valence-corrected chi connectivity index (χ4v) is 3.12. The largest absolute Gasteiger partial charge is 0.481 e. The Bertz CT molecular complexity index is 490. The Hall–Kier alpha value is -1.69. The molecule has 1 aromatic rings. The van der Waals surface area contributed by atoms with Crippen LogP contribution in [0, 0.1) is 0 Å². The first-order valence-corrected chi connectivity index (χ1v) is 7.68. The van der Waals surface area contributed by atoms with E-state index in [2.05, 4.69) is 5.32 Å². The van der Waals surface area contributed by atoms with Gasteiger partial charge in [-0.2, -0.15) is 11.8 Å². The maximum absolute atomic E-state index is 12.2. The summed E-state index contributed by atoms with van der Waals surface area (Å²) in [6, 6.07) is 7.06. The molecule has 0 aliphatic carbocycles. The zero-order valence-electron chi connectivity index (χ0n) is 11.3. The summed E-state index contributed by atoms with van der Waals surface area (Å²) in [5.41, 5.74) is 1.41. The number of carboxylic acid groups (broad SMARTS) is 1. The predicted octanol–water partition coefficient (Wildman–Crippen LogP) is 2.28. The average Bonchev–Trinajstić information content (AvgIpc) is 2.41. The van der Waals surface area contributed by atoms with E-state index in [-0.39, 0.29) is 18.5 Å². The molecular formula is C14H18N2O3S. The van der Waals surface area contributed by atoms with Crippen molar-refractivity contribution in [2.45, 2.75) is 19.4 Å². The van der Waals surface area contributed by atoms with Gasteiger partial charge in [0.2, 0.25) is 0 Å². The lowest BCUT2D eigenvalue weighted by Gasteiger charge is -2.33. The number of hydrogen-bond acceptors (Lipinski definition) is 3. The van der Waals surface area contributed by atoms with Crippen LogP contribution in [0.1, 0.15) is 12.5 Å². The normalized spacial score (nSPS) is 18.6. The van der Waals surface area contributed by atoms with Crippen LogP contribution in [0.25, 0.3) is 0 Å². The van der Waals surface area contributed by atoms with Gasteiger partial charge in [0.1, 0.15) is 0 Å². The summed E-state index contributed by atoms with van der Waals surface area (Å²) in [5, 5.41) is 11.6. The van der Waals surface area contributed by atoms with Crippen molar-refractivity contribution in [1.29, 1.82) is 0 Å². The molecule has 1 fully saturated rings. The van der Waals surface area contributed by atoms with Gasteiger partial charge in [-0.05, 0) is 24.6 Å². The number of nitrogens with zero attached hydrogens (tertiary/aromatic N) is 1. The third-order valence-corrected chi connectivity index (χ3v) is 4.38. The van der Waals surface area contributed by atoms with E-state index in [4.69, 9.17) is 5.11 Å². The summed E-state index contributed by atoms with van der Waals surface area (Å²) in [7, 11) is 0. The van der Waals surface area contributed by atoms with Crippen molar-refractivity contribution < 1.29 is 14.7 Å². The van der Waals surface area contributed by atoms with E-state index in [1.54, 1.807) is 24.3 Å². The van der Waals surface area contributed by atoms with E-state index in [1.807, 2.05) is 23.6 Å². The molecule has 1 aromatic carbocycles. The van der Waals surface area contributed by atoms with Crippen molar-refractivity contribution >= 4 is 29.4 Å². The van der Waals surface area contributed by atoms with E-state index in [0.717, 1.165) is 23.6 Å². The molecule has 0 saturated carbocycles. The lowest BCUT2D eigenvalue weighted by molar-refractivity contribution is -0.136. The van der Waals surface area contributed by atoms with Gasteiger partial charge in [-0.3, -0.25) is 4.79 Å². The van der Waals surface area contributed by atoms with Gasteiger partial charge in [-0.25, -0.2) is 4.79 Å². The number of nitrogens with one attached hydrogen (secondary N) is 1. The van der Waals surface area contributed by atoms with Gasteiger partial charge in [-0.1, -0.05) is 12.1 Å². The molecule has 1 aliphatic heterocycles. The molecule has 1 aliphatic rings. The first-order chi connectivity index (χ1) is 9.56. The zero-order chi connectivity index (χ0) is 14.5. The van der Waals surface area contributed by atoms with E-state index in [9.17, 15) is 9.59 Å². The topological polar surface area (TPSA) is 69.6 Å². The summed E-state index contributed by atoms with van der Waals surface area (Å²) in [5.74, 6) is 1.07. The lowest BCUT2D eigenvalue weighted by Crippen LogP contribution is -2.46. The third kappa shape index (κ3) is 3.90. The number of carbonyl (C=O) groups is 2. The molecule has 6 heteroatoms. The molecule has 2 rings (SSSR count). The van der Waals surface area contributed by atoms with Crippen molar-refractivity contribution in [2.24, 2.45) is 0 Å². The van der Waals surface area contributed by atoms with Crippen molar-refractivity contribution in [2.75, 3.05) is 23.4 Å². The van der Waals surface area contributed by atoms with Crippen molar-refractivity contribution in [1.82, 2.24) is 4.90 Å². The molecule has 0 aromatic heterocycles. The number of carbonyl (C=O) groups excluding carboxylic acids is 1. The molecule has 0 spiro atoms. The van der Waals surface area contributed by atoms with Crippen LogP contribution in [-0.4, -0.2) is 46.1 Å². The van der Waals surface area contributed by atoms with Crippen LogP contribution in [-0.2, 0) is 11.2 Å². The smallest absolute Gasteiger partial charge is 0.322 e. The van der Waals surface area contributed by atoms with Crippen LogP contribution in [0.5, 0.6) is 0 Å². The summed E-state index contributed by atoms with van der Waals surface area (Å²) >= 11 is 1.86. The number of urea groups is 1. The van der Waals surface area contributed by atoms with Gasteiger partial charge in [0.15, 0.2) is 0 Å². The Kier molecular flexibility index (Phi) is 4.89. The molecule has 1 saturated heterocycles. The Balaban J connectivity index is 1.95. The van der Waals surface area contributed by atoms with Crippen LogP contribution in [0.4, 0.5) is 10.5 Å². The second-order valence-corrected chi connectivity index (χ2v) is 5.96. The molecule has 2 amide bonds. The number of aliphatic carboxylic acids is 1. The van der Waals surface area contributed by atoms with Crippen molar-refractivity contribution in [3.05, 3.63) is 29.8 Å². The number of hydrogen-bond donors (Lipinski definition) is 2. The number of thioether (sulfide) groups is 1. The number of rotatable bonds is 3. The van der Waals surface area contributed by atoms with Crippen LogP contribution >= 0.6 is 11.8 Å². The summed E-state index contributed by atoms with van der Waals surface area (Å²) in [6.07, 6.45) is -0.00535. The number of anilines is 1. The van der Waals surface area contributed by atoms with Gasteiger partial charge in [0, 0.05) is 29.8 Å². The highest BCUT2D eigenvalue weighted by molar-refractivity contribution is 7.99. The van der Waals surface area contributed by atoms with E-state index < -0.39 is 5.97 Å². The van der Waals surface area contributed by atoms with Gasteiger partial charge in [0.05, 0.1) is 6.42 Å². The Morgan fingerprint density at radius 3 is 2.70 bits per heavy atom. The minimum absolute atomic E-state index is 0.00535. The van der Waals surface area contributed by atoms with Crippen LogP contribution in [0.15, 0.2) is 24.3 Å². The maximum Gasteiger partial charge on any atom is 0.322 e. The highest BCUT2D eigenvalue weighted by Gasteiger charge is 2.23. The molecular weight excluding hydrogens is 276 g/mol. The molecule has 0 bridgehead atoms. The second-order valence-electron chi connectivity index (χ2n) is 4.81. The molecule has 1 atom stereocenters. The van der Waals surface area contributed by atoms with E-state index >= 15 is 0 Å². The highest BCUT2D eigenvalue weighted by atomic mass is 32.2. The fourth-order valence-electron chi connectivity index (χ4n) is 2.10. The van der Waals surface area contributed by atoms with E-state index in [0.29, 0.717) is 5.69 Å². The fraction of sp³-hybridized carbons (Fsp3) is 0.429. The van der Waals surface area contributed by atoms with Gasteiger partial charge in [-0.15, -0.1) is 0 Å². The maximum atomic E-state index is 12.2. The summed E-state index contributed by atoms with van der Waals surface area (Å²) < 4.78 is 0. The predicted molar refractivity (Wildman–Crippen MR) is 80.3 cm³/mol. The van der Waals surface area contributed by atoms with Crippen LogP contribution in [0.3, 0.4) is 0 Å². The molecule has 1 heterocycles. The van der Waals surface area contributed by atoms with E-state index in [1.165, 1.54) is 0 Å². The molecule has 108 valence electrons. The van der Waals surface area contributed by atoms with Gasteiger partial charge < -0.3 is 15.3 Å². The number of benzene rings is 1. The molecule has 1 unspecified atom stereocenters. The summed E-state index contributed by atoms with van der Waals surface area (Å²) in [4.78, 5) is 24.6. The van der Waals surface area contributed by atoms with Crippen molar-refractivity contribution in [3.63, 3.8) is 0 Å². The van der Waals surface area contributed by atoms with Gasteiger partial charge >= 0.3 is 12.0 Å². The molecule has 20 heavy (non-hydrogen) atoms. The quantitative estimate of drug-likeness (QED) is 0.897. The first kappa shape index (κ1) is 14.7. The zero-order valence-corrected chi connectivity index (χ0v) is 12.2. The molecule has 5 nitrogen and oxygen atoms in total. The van der Waals surface area contributed by atoms with Crippen LogP contribution < -0.4 is 5.32 Å². The molecule has 0 radical (unpaired) electrons.